The topological polar surface area (TPSA) is 38.8 Å². The second kappa shape index (κ2) is 5.34. The van der Waals surface area contributed by atoms with Gasteiger partial charge >= 0.3 is 0 Å². The summed E-state index contributed by atoms with van der Waals surface area (Å²) in [4.78, 5) is 14.4. The standard InChI is InChI=1S/C17H23NO3/c1-12(20-2)8-16(19)18-10-13-4-5-14(21-3)9-15(13)17(11-18)6-7-17/h4-5,9,12H,6-8,10-11H2,1-3H3. The van der Waals surface area contributed by atoms with Crippen LogP contribution in [0.2, 0.25) is 0 Å². The van der Waals surface area contributed by atoms with Crippen molar-refractivity contribution in [3.8, 4) is 5.75 Å². The summed E-state index contributed by atoms with van der Waals surface area (Å²) in [7, 11) is 3.35. The lowest BCUT2D eigenvalue weighted by atomic mass is 9.86. The van der Waals surface area contributed by atoms with E-state index in [4.69, 9.17) is 9.47 Å². The van der Waals surface area contributed by atoms with Gasteiger partial charge in [0.1, 0.15) is 5.75 Å². The third kappa shape index (κ3) is 2.64. The summed E-state index contributed by atoms with van der Waals surface area (Å²) in [5.74, 6) is 1.10. The molecule has 0 N–H and O–H groups in total. The fourth-order valence-electron chi connectivity index (χ4n) is 3.24. The summed E-state index contributed by atoms with van der Waals surface area (Å²) in [6.45, 7) is 3.48. The summed E-state index contributed by atoms with van der Waals surface area (Å²) < 4.78 is 10.6. The largest absolute Gasteiger partial charge is 0.497 e. The Morgan fingerprint density at radius 2 is 2.14 bits per heavy atom. The molecule has 1 aliphatic carbocycles. The van der Waals surface area contributed by atoms with Crippen LogP contribution in [0, 0.1) is 0 Å². The molecule has 1 unspecified atom stereocenters. The Morgan fingerprint density at radius 1 is 1.38 bits per heavy atom. The van der Waals surface area contributed by atoms with Crippen molar-refractivity contribution in [3.63, 3.8) is 0 Å². The molecule has 2 aliphatic rings. The van der Waals surface area contributed by atoms with Crippen molar-refractivity contribution >= 4 is 5.91 Å². The lowest BCUT2D eigenvalue weighted by Gasteiger charge is -2.35. The molecule has 0 saturated heterocycles. The first-order valence-corrected chi connectivity index (χ1v) is 7.56. The maximum absolute atomic E-state index is 12.4. The predicted octanol–water partition coefficient (Wildman–Crippen LogP) is 2.49. The molecular formula is C17H23NO3. The summed E-state index contributed by atoms with van der Waals surface area (Å²) in [5, 5.41) is 0. The van der Waals surface area contributed by atoms with Crippen LogP contribution in [0.25, 0.3) is 0 Å². The Morgan fingerprint density at radius 3 is 2.76 bits per heavy atom. The highest BCUT2D eigenvalue weighted by Crippen LogP contribution is 2.53. The van der Waals surface area contributed by atoms with E-state index < -0.39 is 0 Å². The number of carbonyl (C=O) groups is 1. The molecule has 0 bridgehead atoms. The Labute approximate surface area is 126 Å². The zero-order valence-electron chi connectivity index (χ0n) is 13.0. The molecule has 1 atom stereocenters. The van der Waals surface area contributed by atoms with Gasteiger partial charge in [0, 0.05) is 25.6 Å². The number of amides is 1. The molecule has 0 aromatic heterocycles. The SMILES string of the molecule is COc1ccc2c(c1)C1(CC1)CN(C(=O)CC(C)OC)C2. The van der Waals surface area contributed by atoms with Gasteiger partial charge in [-0.25, -0.2) is 0 Å². The second-order valence-corrected chi connectivity index (χ2v) is 6.30. The molecule has 1 fully saturated rings. The van der Waals surface area contributed by atoms with E-state index >= 15 is 0 Å². The van der Waals surface area contributed by atoms with E-state index in [2.05, 4.69) is 12.1 Å². The molecule has 114 valence electrons. The molecule has 1 saturated carbocycles. The van der Waals surface area contributed by atoms with Crippen molar-refractivity contribution in [1.82, 2.24) is 4.90 Å². The Bertz CT molecular complexity index is 551. The van der Waals surface area contributed by atoms with Crippen molar-refractivity contribution in [2.75, 3.05) is 20.8 Å². The maximum Gasteiger partial charge on any atom is 0.225 e. The van der Waals surface area contributed by atoms with Gasteiger partial charge in [-0.15, -0.1) is 0 Å². The number of fused-ring (bicyclic) bond motifs is 2. The quantitative estimate of drug-likeness (QED) is 0.855. The van der Waals surface area contributed by atoms with Crippen LogP contribution < -0.4 is 4.74 Å². The Hall–Kier alpha value is -1.55. The zero-order valence-corrected chi connectivity index (χ0v) is 13.0. The molecule has 1 aliphatic heterocycles. The van der Waals surface area contributed by atoms with Gasteiger partial charge in [0.2, 0.25) is 5.91 Å². The van der Waals surface area contributed by atoms with E-state index in [-0.39, 0.29) is 17.4 Å². The van der Waals surface area contributed by atoms with Gasteiger partial charge in [-0.3, -0.25) is 4.79 Å². The first-order chi connectivity index (χ1) is 10.1. The Kier molecular flexibility index (Phi) is 3.66. The van der Waals surface area contributed by atoms with Gasteiger partial charge < -0.3 is 14.4 Å². The predicted molar refractivity (Wildman–Crippen MR) is 80.4 cm³/mol. The van der Waals surface area contributed by atoms with Crippen molar-refractivity contribution < 1.29 is 14.3 Å². The fourth-order valence-corrected chi connectivity index (χ4v) is 3.24. The number of methoxy groups -OCH3 is 2. The number of hydrogen-bond donors (Lipinski definition) is 0. The van der Waals surface area contributed by atoms with Crippen LogP contribution in [-0.4, -0.2) is 37.7 Å². The summed E-state index contributed by atoms with van der Waals surface area (Å²) in [6.07, 6.45) is 2.76. The minimum Gasteiger partial charge on any atom is -0.497 e. The molecular weight excluding hydrogens is 266 g/mol. The third-order valence-corrected chi connectivity index (χ3v) is 4.81. The smallest absolute Gasteiger partial charge is 0.225 e. The summed E-state index contributed by atoms with van der Waals surface area (Å²) >= 11 is 0. The monoisotopic (exact) mass is 289 g/mol. The lowest BCUT2D eigenvalue weighted by Crippen LogP contribution is -2.42. The van der Waals surface area contributed by atoms with Crippen LogP contribution in [0.4, 0.5) is 0 Å². The van der Waals surface area contributed by atoms with Crippen molar-refractivity contribution in [2.45, 2.75) is 44.2 Å². The van der Waals surface area contributed by atoms with Gasteiger partial charge in [-0.2, -0.15) is 0 Å². The number of benzene rings is 1. The van der Waals surface area contributed by atoms with Crippen LogP contribution >= 0.6 is 0 Å². The third-order valence-electron chi connectivity index (χ3n) is 4.81. The van der Waals surface area contributed by atoms with E-state index in [9.17, 15) is 4.79 Å². The zero-order chi connectivity index (χ0) is 15.0. The highest BCUT2D eigenvalue weighted by atomic mass is 16.5. The van der Waals surface area contributed by atoms with E-state index in [1.54, 1.807) is 14.2 Å². The number of carbonyl (C=O) groups excluding carboxylic acids is 1. The second-order valence-electron chi connectivity index (χ2n) is 6.30. The number of ether oxygens (including phenoxy) is 2. The van der Waals surface area contributed by atoms with Crippen molar-refractivity contribution in [2.24, 2.45) is 0 Å². The van der Waals surface area contributed by atoms with Crippen LogP contribution in [0.5, 0.6) is 5.75 Å². The minimum atomic E-state index is -0.0232. The minimum absolute atomic E-state index is 0.0232. The average molecular weight is 289 g/mol. The summed E-state index contributed by atoms with van der Waals surface area (Å²) in [6, 6.07) is 6.25. The van der Waals surface area contributed by atoms with Crippen LogP contribution in [0.15, 0.2) is 18.2 Å². The van der Waals surface area contributed by atoms with E-state index in [1.807, 2.05) is 17.9 Å². The van der Waals surface area contributed by atoms with Gasteiger partial charge in [0.15, 0.2) is 0 Å². The molecule has 1 aromatic carbocycles. The molecule has 4 heteroatoms. The van der Waals surface area contributed by atoms with Gasteiger partial charge in [0.25, 0.3) is 0 Å². The van der Waals surface area contributed by atoms with E-state index in [0.29, 0.717) is 13.0 Å². The molecule has 0 radical (unpaired) electrons. The van der Waals surface area contributed by atoms with Crippen LogP contribution in [0.1, 0.15) is 37.3 Å². The maximum atomic E-state index is 12.4. The summed E-state index contributed by atoms with van der Waals surface area (Å²) in [5.41, 5.74) is 2.82. The lowest BCUT2D eigenvalue weighted by molar-refractivity contribution is -0.135. The Balaban J connectivity index is 1.82. The average Bonchev–Trinajstić information content (AvgIpc) is 3.26. The van der Waals surface area contributed by atoms with E-state index in [1.165, 1.54) is 11.1 Å². The molecule has 1 heterocycles. The normalized spacial score (nSPS) is 20.0. The van der Waals surface area contributed by atoms with Crippen LogP contribution in [0.3, 0.4) is 0 Å². The molecule has 1 amide bonds. The van der Waals surface area contributed by atoms with Crippen molar-refractivity contribution in [1.29, 1.82) is 0 Å². The number of nitrogens with zero attached hydrogens (tertiary/aromatic N) is 1. The molecule has 1 spiro atoms. The molecule has 3 rings (SSSR count). The molecule has 4 nitrogen and oxygen atoms in total. The molecule has 21 heavy (non-hydrogen) atoms. The fraction of sp³-hybridized carbons (Fsp3) is 0.588. The van der Waals surface area contributed by atoms with Crippen LogP contribution in [-0.2, 0) is 21.5 Å². The van der Waals surface area contributed by atoms with Gasteiger partial charge in [-0.05, 0) is 43.0 Å². The van der Waals surface area contributed by atoms with Gasteiger partial charge in [-0.1, -0.05) is 6.07 Å². The highest BCUT2D eigenvalue weighted by Gasteiger charge is 2.50. The van der Waals surface area contributed by atoms with E-state index in [0.717, 1.165) is 25.1 Å². The first-order valence-electron chi connectivity index (χ1n) is 7.56. The first kappa shape index (κ1) is 14.4. The van der Waals surface area contributed by atoms with Crippen molar-refractivity contribution in [3.05, 3.63) is 29.3 Å². The highest BCUT2D eigenvalue weighted by molar-refractivity contribution is 5.77. The molecule has 1 aromatic rings. The number of hydrogen-bond acceptors (Lipinski definition) is 3. The van der Waals surface area contributed by atoms with Gasteiger partial charge in [0.05, 0.1) is 19.6 Å². The number of rotatable bonds is 4.